The van der Waals surface area contributed by atoms with E-state index in [-0.39, 0.29) is 5.41 Å². The average molecular weight is 275 g/mol. The van der Waals surface area contributed by atoms with Gasteiger partial charge in [-0.15, -0.1) is 0 Å². The van der Waals surface area contributed by atoms with E-state index in [1.165, 1.54) is 31.5 Å². The molecule has 0 aromatic carbocycles. The van der Waals surface area contributed by atoms with E-state index in [4.69, 9.17) is 0 Å². The van der Waals surface area contributed by atoms with Crippen molar-refractivity contribution in [2.75, 3.05) is 32.0 Å². The predicted molar refractivity (Wildman–Crippen MR) is 86.3 cm³/mol. The standard InChI is InChI=1S/C17H29N3/c1-16(2,3)14-6-7-15(18-12-14)19-13-17(4)8-10-20(5)11-9-17/h6-7,12H,8-11,13H2,1-5H3,(H,18,19). The van der Waals surface area contributed by atoms with Crippen molar-refractivity contribution >= 4 is 5.82 Å². The summed E-state index contributed by atoms with van der Waals surface area (Å²) >= 11 is 0. The lowest BCUT2D eigenvalue weighted by Crippen LogP contribution is -2.40. The second-order valence-corrected chi connectivity index (χ2v) is 7.65. The summed E-state index contributed by atoms with van der Waals surface area (Å²) in [4.78, 5) is 6.97. The maximum atomic E-state index is 4.55. The van der Waals surface area contributed by atoms with E-state index in [1.54, 1.807) is 0 Å². The molecule has 1 aromatic heterocycles. The van der Waals surface area contributed by atoms with E-state index < -0.39 is 0 Å². The summed E-state index contributed by atoms with van der Waals surface area (Å²) in [6.45, 7) is 12.5. The van der Waals surface area contributed by atoms with Crippen LogP contribution in [-0.4, -0.2) is 36.6 Å². The zero-order chi connectivity index (χ0) is 14.8. The van der Waals surface area contributed by atoms with Gasteiger partial charge in [0.1, 0.15) is 5.82 Å². The van der Waals surface area contributed by atoms with Gasteiger partial charge < -0.3 is 10.2 Å². The van der Waals surface area contributed by atoms with E-state index in [9.17, 15) is 0 Å². The van der Waals surface area contributed by atoms with E-state index in [0.29, 0.717) is 5.41 Å². The summed E-state index contributed by atoms with van der Waals surface area (Å²) in [5.41, 5.74) is 1.86. The molecule has 3 nitrogen and oxygen atoms in total. The van der Waals surface area contributed by atoms with Gasteiger partial charge in [0.2, 0.25) is 0 Å². The maximum Gasteiger partial charge on any atom is 0.125 e. The van der Waals surface area contributed by atoms with Crippen LogP contribution in [0.1, 0.15) is 46.1 Å². The summed E-state index contributed by atoms with van der Waals surface area (Å²) in [5.74, 6) is 0.998. The Morgan fingerprint density at radius 1 is 1.25 bits per heavy atom. The zero-order valence-corrected chi connectivity index (χ0v) is 13.7. The molecule has 1 saturated heterocycles. The van der Waals surface area contributed by atoms with Crippen LogP contribution in [0.5, 0.6) is 0 Å². The largest absolute Gasteiger partial charge is 0.370 e. The first kappa shape index (κ1) is 15.3. The minimum atomic E-state index is 0.172. The Morgan fingerprint density at radius 2 is 1.90 bits per heavy atom. The van der Waals surface area contributed by atoms with Crippen molar-refractivity contribution in [2.45, 2.75) is 46.0 Å². The molecule has 2 rings (SSSR count). The van der Waals surface area contributed by atoms with Crippen molar-refractivity contribution in [2.24, 2.45) is 5.41 Å². The molecule has 0 saturated carbocycles. The van der Waals surface area contributed by atoms with E-state index in [1.807, 2.05) is 6.20 Å². The Labute approximate surface area is 123 Å². The molecule has 0 bridgehead atoms. The lowest BCUT2D eigenvalue weighted by atomic mass is 9.80. The Hall–Kier alpha value is -1.09. The number of nitrogens with one attached hydrogen (secondary N) is 1. The Bertz CT molecular complexity index is 423. The third-order valence-corrected chi connectivity index (χ3v) is 4.52. The highest BCUT2D eigenvalue weighted by molar-refractivity contribution is 5.37. The first-order chi connectivity index (χ1) is 9.28. The van der Waals surface area contributed by atoms with Gasteiger partial charge in [-0.05, 0) is 55.4 Å². The van der Waals surface area contributed by atoms with Crippen LogP contribution in [0, 0.1) is 5.41 Å². The molecule has 112 valence electrons. The van der Waals surface area contributed by atoms with Crippen LogP contribution in [0.15, 0.2) is 18.3 Å². The summed E-state index contributed by atoms with van der Waals surface area (Å²) in [7, 11) is 2.21. The summed E-state index contributed by atoms with van der Waals surface area (Å²) in [6.07, 6.45) is 4.52. The molecule has 20 heavy (non-hydrogen) atoms. The fourth-order valence-corrected chi connectivity index (χ4v) is 2.58. The van der Waals surface area contributed by atoms with Crippen molar-refractivity contribution < 1.29 is 0 Å². The van der Waals surface area contributed by atoms with Crippen molar-refractivity contribution in [3.8, 4) is 0 Å². The molecule has 0 spiro atoms. The molecule has 1 fully saturated rings. The Morgan fingerprint density at radius 3 is 2.40 bits per heavy atom. The summed E-state index contributed by atoms with van der Waals surface area (Å²) < 4.78 is 0. The van der Waals surface area contributed by atoms with Gasteiger partial charge in [0, 0.05) is 12.7 Å². The Balaban J connectivity index is 1.91. The molecule has 1 aliphatic heterocycles. The number of hydrogen-bond acceptors (Lipinski definition) is 3. The van der Waals surface area contributed by atoms with Gasteiger partial charge in [-0.1, -0.05) is 33.8 Å². The van der Waals surface area contributed by atoms with Crippen LogP contribution in [0.4, 0.5) is 5.82 Å². The SMILES string of the molecule is CN1CCC(C)(CNc2ccc(C(C)(C)C)cn2)CC1. The number of anilines is 1. The second-order valence-electron chi connectivity index (χ2n) is 7.65. The first-order valence-corrected chi connectivity index (χ1v) is 7.68. The minimum Gasteiger partial charge on any atom is -0.370 e. The molecule has 0 unspecified atom stereocenters. The lowest BCUT2D eigenvalue weighted by Gasteiger charge is -2.38. The molecule has 0 aliphatic carbocycles. The first-order valence-electron chi connectivity index (χ1n) is 7.68. The minimum absolute atomic E-state index is 0.172. The highest BCUT2D eigenvalue weighted by atomic mass is 15.1. The molecule has 1 N–H and O–H groups in total. The van der Waals surface area contributed by atoms with Crippen LogP contribution in [-0.2, 0) is 5.41 Å². The molecule has 1 aromatic rings. The van der Waals surface area contributed by atoms with Gasteiger partial charge >= 0.3 is 0 Å². The van der Waals surface area contributed by atoms with Crippen molar-refractivity contribution in [1.82, 2.24) is 9.88 Å². The van der Waals surface area contributed by atoms with Crippen LogP contribution >= 0.6 is 0 Å². The Kier molecular flexibility index (Phi) is 4.38. The number of aromatic nitrogens is 1. The third-order valence-electron chi connectivity index (χ3n) is 4.52. The topological polar surface area (TPSA) is 28.2 Å². The molecular weight excluding hydrogens is 246 g/mol. The van der Waals surface area contributed by atoms with Gasteiger partial charge in [-0.2, -0.15) is 0 Å². The average Bonchev–Trinajstić information content (AvgIpc) is 2.40. The van der Waals surface area contributed by atoms with Crippen LogP contribution in [0.25, 0.3) is 0 Å². The van der Waals surface area contributed by atoms with Crippen molar-refractivity contribution in [1.29, 1.82) is 0 Å². The fraction of sp³-hybridized carbons (Fsp3) is 0.706. The molecule has 0 amide bonds. The lowest BCUT2D eigenvalue weighted by molar-refractivity contribution is 0.150. The predicted octanol–water partition coefficient (Wildman–Crippen LogP) is 3.52. The van der Waals surface area contributed by atoms with Gasteiger partial charge in [-0.3, -0.25) is 0 Å². The number of pyridine rings is 1. The number of piperidine rings is 1. The van der Waals surface area contributed by atoms with Gasteiger partial charge in [0.05, 0.1) is 0 Å². The smallest absolute Gasteiger partial charge is 0.125 e. The molecule has 0 atom stereocenters. The maximum absolute atomic E-state index is 4.55. The molecular formula is C17H29N3. The molecule has 3 heteroatoms. The molecule has 1 aliphatic rings. The third kappa shape index (κ3) is 3.95. The number of nitrogens with zero attached hydrogens (tertiary/aromatic N) is 2. The van der Waals surface area contributed by atoms with Crippen LogP contribution in [0.3, 0.4) is 0 Å². The number of hydrogen-bond donors (Lipinski definition) is 1. The van der Waals surface area contributed by atoms with Crippen LogP contribution in [0.2, 0.25) is 0 Å². The highest BCUT2D eigenvalue weighted by Crippen LogP contribution is 2.30. The molecule has 0 radical (unpaired) electrons. The summed E-state index contributed by atoms with van der Waals surface area (Å²) in [6, 6.07) is 4.30. The highest BCUT2D eigenvalue weighted by Gasteiger charge is 2.28. The number of rotatable bonds is 3. The van der Waals surface area contributed by atoms with E-state index in [2.05, 4.69) is 62.1 Å². The van der Waals surface area contributed by atoms with Crippen LogP contribution < -0.4 is 5.32 Å². The number of likely N-dealkylation sites (tertiary alicyclic amines) is 1. The van der Waals surface area contributed by atoms with Gasteiger partial charge in [0.25, 0.3) is 0 Å². The quantitative estimate of drug-likeness (QED) is 0.915. The fourth-order valence-electron chi connectivity index (χ4n) is 2.58. The monoisotopic (exact) mass is 275 g/mol. The van der Waals surface area contributed by atoms with Crippen molar-refractivity contribution in [3.05, 3.63) is 23.9 Å². The van der Waals surface area contributed by atoms with Crippen molar-refractivity contribution in [3.63, 3.8) is 0 Å². The van der Waals surface area contributed by atoms with Gasteiger partial charge in [-0.25, -0.2) is 4.98 Å². The zero-order valence-electron chi connectivity index (χ0n) is 13.7. The second kappa shape index (κ2) is 5.72. The van der Waals surface area contributed by atoms with E-state index in [0.717, 1.165) is 12.4 Å². The molecule has 2 heterocycles. The van der Waals surface area contributed by atoms with E-state index >= 15 is 0 Å². The normalized spacial score (nSPS) is 19.9. The van der Waals surface area contributed by atoms with Gasteiger partial charge in [0.15, 0.2) is 0 Å². The summed E-state index contributed by atoms with van der Waals surface area (Å²) in [5, 5.41) is 3.52.